The second-order valence-electron chi connectivity index (χ2n) is 5.75. The Morgan fingerprint density at radius 3 is 2.45 bits per heavy atom. The molecule has 0 atom stereocenters. The molecule has 1 heterocycles. The number of rotatable bonds is 4. The third kappa shape index (κ3) is 4.19. The highest BCUT2D eigenvalue weighted by atomic mass is 35.5. The third-order valence-corrected chi connectivity index (χ3v) is 4.47. The molecule has 1 N–H and O–H groups in total. The smallest absolute Gasteiger partial charge is 0.357 e. The van der Waals surface area contributed by atoms with E-state index in [9.17, 15) is 24.3 Å². The topological polar surface area (TPSA) is 96.0 Å². The van der Waals surface area contributed by atoms with Crippen molar-refractivity contribution in [1.82, 2.24) is 9.78 Å². The summed E-state index contributed by atoms with van der Waals surface area (Å²) in [5.74, 6) is -1.99. The van der Waals surface area contributed by atoms with Gasteiger partial charge in [0.25, 0.3) is 5.56 Å². The predicted octanol–water partition coefficient (Wildman–Crippen LogP) is 4.42. The van der Waals surface area contributed by atoms with Crippen LogP contribution in [0.2, 0.25) is 10.0 Å². The Morgan fingerprint density at radius 1 is 1.17 bits per heavy atom. The molecule has 0 radical (unpaired) electrons. The van der Waals surface area contributed by atoms with Gasteiger partial charge in [0.05, 0.1) is 5.69 Å². The fourth-order valence-electron chi connectivity index (χ4n) is 2.53. The van der Waals surface area contributed by atoms with Gasteiger partial charge in [-0.1, -0.05) is 41.4 Å². The fourth-order valence-corrected chi connectivity index (χ4v) is 3.01. The van der Waals surface area contributed by atoms with Gasteiger partial charge in [0.2, 0.25) is 0 Å². The van der Waals surface area contributed by atoms with E-state index in [2.05, 4.69) is 5.10 Å². The summed E-state index contributed by atoms with van der Waals surface area (Å²) in [7, 11) is 0. The summed E-state index contributed by atoms with van der Waals surface area (Å²) < 4.78 is 13.9. The quantitative estimate of drug-likeness (QED) is 0.661. The van der Waals surface area contributed by atoms with Gasteiger partial charge in [-0.3, -0.25) is 4.79 Å². The molecule has 0 amide bonds. The van der Waals surface area contributed by atoms with Crippen molar-refractivity contribution in [3.8, 4) is 11.8 Å². The Balaban J connectivity index is 2.21. The lowest BCUT2D eigenvalue weighted by Crippen LogP contribution is -2.28. The Hall–Kier alpha value is -3.47. The van der Waals surface area contributed by atoms with E-state index >= 15 is 0 Å². The van der Waals surface area contributed by atoms with Crippen molar-refractivity contribution in [3.05, 3.63) is 91.1 Å². The number of hydrogen-bond acceptors (Lipinski definition) is 4. The molecule has 0 saturated carbocycles. The van der Waals surface area contributed by atoms with Gasteiger partial charge in [0.15, 0.2) is 5.69 Å². The van der Waals surface area contributed by atoms with Crippen LogP contribution in [0.5, 0.6) is 0 Å². The van der Waals surface area contributed by atoms with Crippen molar-refractivity contribution < 1.29 is 14.3 Å². The van der Waals surface area contributed by atoms with Crippen LogP contribution in [0.4, 0.5) is 4.39 Å². The highest BCUT2D eigenvalue weighted by Crippen LogP contribution is 2.24. The molecule has 0 bridgehead atoms. The monoisotopic (exact) mass is 429 g/mol. The average Bonchev–Trinajstić information content (AvgIpc) is 2.68. The number of carboxylic acids is 1. The third-order valence-electron chi connectivity index (χ3n) is 3.91. The number of aromatic carboxylic acids is 1. The Morgan fingerprint density at radius 2 is 1.86 bits per heavy atom. The maximum atomic E-state index is 13.2. The molecule has 1 aromatic heterocycles. The fraction of sp³-hybridized carbons (Fsp3) is 0. The van der Waals surface area contributed by atoms with Crippen molar-refractivity contribution >= 4 is 41.3 Å². The maximum absolute atomic E-state index is 13.2. The molecular formula is C20H10Cl2FN3O3. The highest BCUT2D eigenvalue weighted by molar-refractivity contribution is 6.35. The predicted molar refractivity (Wildman–Crippen MR) is 107 cm³/mol. The maximum Gasteiger partial charge on any atom is 0.357 e. The summed E-state index contributed by atoms with van der Waals surface area (Å²) in [4.78, 5) is 24.5. The van der Waals surface area contributed by atoms with Crippen molar-refractivity contribution in [2.24, 2.45) is 0 Å². The van der Waals surface area contributed by atoms with Gasteiger partial charge in [-0.2, -0.15) is 15.0 Å². The van der Waals surface area contributed by atoms with Gasteiger partial charge >= 0.3 is 5.97 Å². The number of halogens is 3. The lowest BCUT2D eigenvalue weighted by Gasteiger charge is -2.09. The number of carboxylic acid groups (broad SMARTS) is 1. The largest absolute Gasteiger partial charge is 0.476 e. The van der Waals surface area contributed by atoms with E-state index in [1.807, 2.05) is 0 Å². The summed E-state index contributed by atoms with van der Waals surface area (Å²) >= 11 is 11.9. The second kappa shape index (κ2) is 8.27. The van der Waals surface area contributed by atoms with E-state index in [1.165, 1.54) is 30.4 Å². The molecule has 0 unspecified atom stereocenters. The summed E-state index contributed by atoms with van der Waals surface area (Å²) in [6.07, 6.45) is 2.73. The molecular weight excluding hydrogens is 420 g/mol. The van der Waals surface area contributed by atoms with Crippen LogP contribution in [-0.4, -0.2) is 20.9 Å². The summed E-state index contributed by atoms with van der Waals surface area (Å²) in [6, 6.07) is 11.1. The van der Waals surface area contributed by atoms with Crippen LogP contribution in [0.3, 0.4) is 0 Å². The first kappa shape index (κ1) is 20.3. The van der Waals surface area contributed by atoms with Crippen LogP contribution in [0, 0.1) is 17.1 Å². The SMILES string of the molecule is N#Cc1c(/C=C\c2ccc(Cl)cc2Cl)c(C(=O)O)nn(-c2ccc(F)cc2)c1=O. The van der Waals surface area contributed by atoms with E-state index in [1.54, 1.807) is 18.2 Å². The number of carbonyl (C=O) groups is 1. The molecule has 0 aliphatic rings. The summed E-state index contributed by atoms with van der Waals surface area (Å²) in [5, 5.41) is 23.6. The number of nitrogens with zero attached hydrogens (tertiary/aromatic N) is 3. The first-order chi connectivity index (χ1) is 13.8. The summed E-state index contributed by atoms with van der Waals surface area (Å²) in [6.45, 7) is 0. The van der Waals surface area contributed by atoms with Crippen LogP contribution in [0.1, 0.15) is 27.2 Å². The van der Waals surface area contributed by atoms with E-state index in [0.29, 0.717) is 15.6 Å². The van der Waals surface area contributed by atoms with Crippen LogP contribution in [-0.2, 0) is 0 Å². The van der Waals surface area contributed by atoms with E-state index in [4.69, 9.17) is 23.2 Å². The molecule has 0 saturated heterocycles. The van der Waals surface area contributed by atoms with Gasteiger partial charge in [-0.25, -0.2) is 9.18 Å². The molecule has 3 rings (SSSR count). The van der Waals surface area contributed by atoms with Gasteiger partial charge in [-0.15, -0.1) is 0 Å². The van der Waals surface area contributed by atoms with Crippen molar-refractivity contribution in [2.75, 3.05) is 0 Å². The number of hydrogen-bond donors (Lipinski definition) is 1. The molecule has 0 aliphatic heterocycles. The Kier molecular flexibility index (Phi) is 5.78. The second-order valence-corrected chi connectivity index (χ2v) is 6.59. The van der Waals surface area contributed by atoms with Crippen LogP contribution in [0.25, 0.3) is 17.8 Å². The average molecular weight is 430 g/mol. The van der Waals surface area contributed by atoms with E-state index < -0.39 is 28.6 Å². The minimum atomic E-state index is -1.45. The molecule has 6 nitrogen and oxygen atoms in total. The minimum Gasteiger partial charge on any atom is -0.476 e. The molecule has 3 aromatic rings. The van der Waals surface area contributed by atoms with Gasteiger partial charge in [-0.05, 0) is 42.0 Å². The number of aromatic nitrogens is 2. The van der Waals surface area contributed by atoms with Crippen molar-refractivity contribution in [2.45, 2.75) is 0 Å². The first-order valence-corrected chi connectivity index (χ1v) is 8.77. The molecule has 29 heavy (non-hydrogen) atoms. The molecule has 144 valence electrons. The molecule has 0 fully saturated rings. The lowest BCUT2D eigenvalue weighted by atomic mass is 10.1. The molecule has 0 aliphatic carbocycles. The number of benzene rings is 2. The van der Waals surface area contributed by atoms with Gasteiger partial charge in [0, 0.05) is 15.6 Å². The van der Waals surface area contributed by atoms with Crippen molar-refractivity contribution in [1.29, 1.82) is 5.26 Å². The Bertz CT molecular complexity index is 1250. The van der Waals surface area contributed by atoms with Gasteiger partial charge < -0.3 is 5.11 Å². The molecule has 0 spiro atoms. The zero-order chi connectivity index (χ0) is 21.1. The van der Waals surface area contributed by atoms with Crippen LogP contribution >= 0.6 is 23.2 Å². The zero-order valence-corrected chi connectivity index (χ0v) is 15.9. The van der Waals surface area contributed by atoms with Gasteiger partial charge in [0.1, 0.15) is 17.4 Å². The lowest BCUT2D eigenvalue weighted by molar-refractivity contribution is 0.0688. The minimum absolute atomic E-state index is 0.117. The number of nitriles is 1. The van der Waals surface area contributed by atoms with E-state index in [0.717, 1.165) is 16.8 Å². The molecule has 9 heteroatoms. The van der Waals surface area contributed by atoms with Crippen molar-refractivity contribution in [3.63, 3.8) is 0 Å². The molecule has 2 aromatic carbocycles. The normalized spacial score (nSPS) is 10.8. The first-order valence-electron chi connectivity index (χ1n) is 8.01. The Labute approximate surface area is 173 Å². The van der Waals surface area contributed by atoms with Crippen LogP contribution in [0.15, 0.2) is 47.3 Å². The van der Waals surface area contributed by atoms with Crippen LogP contribution < -0.4 is 5.56 Å². The summed E-state index contributed by atoms with van der Waals surface area (Å²) in [5.41, 5.74) is -1.35. The van der Waals surface area contributed by atoms with E-state index in [-0.39, 0.29) is 11.3 Å². The highest BCUT2D eigenvalue weighted by Gasteiger charge is 2.21. The standard InChI is InChI=1S/C20H10Cl2FN3O3/c21-12-3-1-11(17(22)9-12)2-8-15-16(10-24)19(27)26(25-18(15)20(28)29)14-6-4-13(23)5-7-14/h1-9H,(H,28,29)/b8-2-. The zero-order valence-electron chi connectivity index (χ0n) is 14.4.